The summed E-state index contributed by atoms with van der Waals surface area (Å²) in [6.45, 7) is 5.25. The molecule has 3 N–H and O–H groups in total. The lowest BCUT2D eigenvalue weighted by molar-refractivity contribution is -0.117. The van der Waals surface area contributed by atoms with Crippen LogP contribution in [0.1, 0.15) is 97.9 Å². The molecule has 2 fully saturated rings. The number of aromatic nitrogens is 1. The van der Waals surface area contributed by atoms with Gasteiger partial charge < -0.3 is 34.7 Å². The molecular formula is C39H50N4O6. The fourth-order valence-electron chi connectivity index (χ4n) is 7.68. The second kappa shape index (κ2) is 15.3. The molecule has 10 nitrogen and oxygen atoms in total. The summed E-state index contributed by atoms with van der Waals surface area (Å²) in [5.41, 5.74) is 3.00. The lowest BCUT2D eigenvalue weighted by Crippen LogP contribution is -2.51. The minimum absolute atomic E-state index is 0.00835. The number of nitrogens with one attached hydrogen (secondary N) is 2. The number of amides is 2. The Kier molecular flexibility index (Phi) is 10.9. The van der Waals surface area contributed by atoms with Crippen LogP contribution in [0.5, 0.6) is 5.75 Å². The predicted octanol–water partition coefficient (Wildman–Crippen LogP) is 4.87. The van der Waals surface area contributed by atoms with Crippen molar-refractivity contribution in [2.24, 2.45) is 0 Å². The Morgan fingerprint density at radius 1 is 1.08 bits per heavy atom. The van der Waals surface area contributed by atoms with Crippen LogP contribution in [-0.2, 0) is 22.4 Å². The number of anilines is 1. The van der Waals surface area contributed by atoms with E-state index in [4.69, 9.17) is 9.47 Å². The number of nitrogens with zero attached hydrogens (tertiary/aromatic N) is 2. The summed E-state index contributed by atoms with van der Waals surface area (Å²) in [6, 6.07) is 16.8. The first-order chi connectivity index (χ1) is 23.7. The largest absolute Gasteiger partial charge is 0.485 e. The molecular weight excluding hydrogens is 620 g/mol. The summed E-state index contributed by atoms with van der Waals surface area (Å²) in [6.07, 6.45) is 7.46. The number of benzene rings is 2. The first-order valence-corrected chi connectivity index (χ1v) is 17.8. The predicted molar refractivity (Wildman–Crippen MR) is 189 cm³/mol. The lowest BCUT2D eigenvalue weighted by Gasteiger charge is -2.40. The highest BCUT2D eigenvalue weighted by Crippen LogP contribution is 2.40. The van der Waals surface area contributed by atoms with Crippen LogP contribution in [0.25, 0.3) is 0 Å². The molecule has 0 radical (unpaired) electrons. The van der Waals surface area contributed by atoms with Gasteiger partial charge in [-0.05, 0) is 62.3 Å². The van der Waals surface area contributed by atoms with Gasteiger partial charge in [0.05, 0.1) is 24.3 Å². The van der Waals surface area contributed by atoms with Crippen LogP contribution in [0.15, 0.2) is 65.6 Å². The molecule has 262 valence electrons. The molecule has 6 rings (SSSR count). The number of ether oxygens (including phenoxy) is 2. The Morgan fingerprint density at radius 2 is 1.86 bits per heavy atom. The zero-order chi connectivity index (χ0) is 34.5. The number of carbonyl (C=O) groups is 2. The smallest absolute Gasteiger partial charge is 0.274 e. The highest BCUT2D eigenvalue weighted by Gasteiger charge is 2.38. The van der Waals surface area contributed by atoms with Crippen molar-refractivity contribution in [2.75, 3.05) is 31.7 Å². The van der Waals surface area contributed by atoms with E-state index < -0.39 is 23.7 Å². The lowest BCUT2D eigenvalue weighted by atomic mass is 9.87. The second-order valence-corrected chi connectivity index (χ2v) is 14.1. The van der Waals surface area contributed by atoms with Gasteiger partial charge in [-0.15, -0.1) is 0 Å². The number of aliphatic hydroxyl groups excluding tert-OH is 1. The van der Waals surface area contributed by atoms with Gasteiger partial charge in [0, 0.05) is 56.9 Å². The molecule has 1 aliphatic carbocycles. The number of hydrogen-bond donors (Lipinski definition) is 3. The third-order valence-corrected chi connectivity index (χ3v) is 10.3. The number of rotatable bonds is 13. The van der Waals surface area contributed by atoms with Crippen molar-refractivity contribution < 1.29 is 24.2 Å². The van der Waals surface area contributed by atoms with Crippen molar-refractivity contribution in [2.45, 2.75) is 101 Å². The topological polar surface area (TPSA) is 122 Å². The Labute approximate surface area is 288 Å². The Hall–Kier alpha value is -3.99. The fourth-order valence-corrected chi connectivity index (χ4v) is 7.68. The summed E-state index contributed by atoms with van der Waals surface area (Å²) in [7, 11) is 1.67. The number of pyridine rings is 1. The highest BCUT2D eigenvalue weighted by atomic mass is 16.5. The first-order valence-electron chi connectivity index (χ1n) is 17.8. The number of methoxy groups -OCH3 is 1. The third-order valence-electron chi connectivity index (χ3n) is 10.3. The minimum Gasteiger partial charge on any atom is -0.485 e. The molecule has 3 aromatic rings. The zero-order valence-electron chi connectivity index (χ0n) is 29.0. The quantitative estimate of drug-likeness (QED) is 0.237. The first kappa shape index (κ1) is 34.9. The summed E-state index contributed by atoms with van der Waals surface area (Å²) >= 11 is 0. The summed E-state index contributed by atoms with van der Waals surface area (Å²) in [5.74, 6) is 0.309. The van der Waals surface area contributed by atoms with E-state index in [0.717, 1.165) is 49.0 Å². The van der Waals surface area contributed by atoms with Gasteiger partial charge >= 0.3 is 0 Å². The van der Waals surface area contributed by atoms with Gasteiger partial charge in [-0.2, -0.15) is 0 Å². The molecule has 2 amide bonds. The van der Waals surface area contributed by atoms with Crippen molar-refractivity contribution in [1.29, 1.82) is 0 Å². The molecule has 0 bridgehead atoms. The molecule has 0 unspecified atom stereocenters. The van der Waals surface area contributed by atoms with E-state index in [9.17, 15) is 19.5 Å². The third kappa shape index (κ3) is 7.92. The van der Waals surface area contributed by atoms with Crippen molar-refractivity contribution in [3.8, 4) is 5.75 Å². The SMILES string of the molecule is CCc1ccc2c(c1)[C@@H](NC[C@@H](O)[C@H](Cc1ccccc1)NC(=O)c1cc(N3CCCC3=O)c(=O)n(C3CCCC3)c1)C[C@@](C)(COC)O2. The maximum Gasteiger partial charge on any atom is 0.274 e. The average molecular weight is 671 g/mol. The number of aliphatic hydroxyl groups is 1. The zero-order valence-corrected chi connectivity index (χ0v) is 29.0. The van der Waals surface area contributed by atoms with Gasteiger partial charge in [0.15, 0.2) is 0 Å². The number of carbonyl (C=O) groups excluding carboxylic acids is 2. The number of aryl methyl sites for hydroxylation is 1. The van der Waals surface area contributed by atoms with Crippen molar-refractivity contribution in [3.05, 3.63) is 93.4 Å². The molecule has 10 heteroatoms. The highest BCUT2D eigenvalue weighted by molar-refractivity contribution is 5.98. The summed E-state index contributed by atoms with van der Waals surface area (Å²) < 4.78 is 13.6. The Morgan fingerprint density at radius 3 is 2.55 bits per heavy atom. The van der Waals surface area contributed by atoms with Gasteiger partial charge in [0.2, 0.25) is 5.91 Å². The van der Waals surface area contributed by atoms with Crippen molar-refractivity contribution in [3.63, 3.8) is 0 Å². The normalized spacial score (nSPS) is 22.1. The molecule has 1 aromatic heterocycles. The van der Waals surface area contributed by atoms with Crippen LogP contribution < -0.4 is 25.8 Å². The van der Waals surface area contributed by atoms with E-state index in [0.29, 0.717) is 44.4 Å². The maximum absolute atomic E-state index is 14.1. The van der Waals surface area contributed by atoms with Crippen LogP contribution in [-0.4, -0.2) is 66.0 Å². The van der Waals surface area contributed by atoms with E-state index in [1.54, 1.807) is 23.9 Å². The van der Waals surface area contributed by atoms with Crippen molar-refractivity contribution >= 4 is 17.5 Å². The molecule has 3 aliphatic rings. The number of hydrogen-bond acceptors (Lipinski definition) is 7. The molecule has 4 atom stereocenters. The van der Waals surface area contributed by atoms with Crippen LogP contribution in [0, 0.1) is 0 Å². The minimum atomic E-state index is -0.946. The van der Waals surface area contributed by atoms with Gasteiger partial charge in [-0.25, -0.2) is 0 Å². The van der Waals surface area contributed by atoms with Crippen LogP contribution >= 0.6 is 0 Å². The van der Waals surface area contributed by atoms with Gasteiger partial charge in [-0.3, -0.25) is 14.4 Å². The van der Waals surface area contributed by atoms with Crippen LogP contribution in [0.4, 0.5) is 5.69 Å². The second-order valence-electron chi connectivity index (χ2n) is 14.1. The van der Waals surface area contributed by atoms with Crippen molar-refractivity contribution in [1.82, 2.24) is 15.2 Å². The maximum atomic E-state index is 14.1. The van der Waals surface area contributed by atoms with Crippen LogP contribution in [0.2, 0.25) is 0 Å². The van der Waals surface area contributed by atoms with Gasteiger partial charge in [-0.1, -0.05) is 62.2 Å². The van der Waals surface area contributed by atoms with Gasteiger partial charge in [0.1, 0.15) is 17.0 Å². The summed E-state index contributed by atoms with van der Waals surface area (Å²) in [5, 5.41) is 18.5. The van der Waals surface area contributed by atoms with E-state index in [1.807, 2.05) is 43.3 Å². The van der Waals surface area contributed by atoms with E-state index in [2.05, 4.69) is 29.7 Å². The Bertz CT molecular complexity index is 1690. The monoisotopic (exact) mass is 670 g/mol. The molecule has 1 saturated carbocycles. The molecule has 3 heterocycles. The van der Waals surface area contributed by atoms with Gasteiger partial charge in [0.25, 0.3) is 11.5 Å². The average Bonchev–Trinajstić information content (AvgIpc) is 3.79. The standard InChI is InChI=1S/C39H50N4O6/c1-4-26-16-17-35-30(19-26)32(22-39(2,49-35)25-48-3)40-23-34(44)31(20-27-11-6-5-7-12-27)41-37(46)28-21-33(42-18-10-15-36(42)45)38(47)43(24-28)29-13-8-9-14-29/h5-7,11-12,16-17,19,21,24,29,31-32,34,40,44H,4,8-10,13-15,18,20,22-23,25H2,1-3H3,(H,41,46)/t31-,32-,34+,39-/m0/s1. The van der Waals surface area contributed by atoms with E-state index in [-0.39, 0.29) is 35.8 Å². The van der Waals surface area contributed by atoms with Crippen LogP contribution in [0.3, 0.4) is 0 Å². The molecule has 2 aliphatic heterocycles. The van der Waals surface area contributed by atoms with E-state index in [1.165, 1.54) is 10.5 Å². The fraction of sp³-hybridized carbons (Fsp3) is 0.513. The van der Waals surface area contributed by atoms with E-state index >= 15 is 0 Å². The molecule has 0 spiro atoms. The summed E-state index contributed by atoms with van der Waals surface area (Å²) in [4.78, 5) is 42.0. The Balaban J connectivity index is 1.26. The number of fused-ring (bicyclic) bond motifs is 1. The molecule has 2 aromatic carbocycles. The molecule has 1 saturated heterocycles. The molecule has 49 heavy (non-hydrogen) atoms.